The van der Waals surface area contributed by atoms with Gasteiger partial charge < -0.3 is 4.74 Å². The number of piperidine rings is 1. The molecule has 1 heterocycles. The molecule has 0 spiro atoms. The minimum atomic E-state index is -0.445. The quantitative estimate of drug-likeness (QED) is 0.621. The number of benzene rings is 2. The molecule has 0 atom stereocenters. The first kappa shape index (κ1) is 20.2. The van der Waals surface area contributed by atoms with E-state index in [-0.39, 0.29) is 25.5 Å². The molecule has 0 bridgehead atoms. The summed E-state index contributed by atoms with van der Waals surface area (Å²) in [5.74, 6) is -0.0922. The third kappa shape index (κ3) is 5.03. The lowest BCUT2D eigenvalue weighted by molar-refractivity contribution is -0.113. The van der Waals surface area contributed by atoms with E-state index < -0.39 is 6.09 Å². The summed E-state index contributed by atoms with van der Waals surface area (Å²) in [6, 6.07) is 14.3. The minimum Gasteiger partial charge on any atom is -0.450 e. The number of hydrogen-bond donors (Lipinski definition) is 0. The number of hydrogen-bond acceptors (Lipinski definition) is 3. The normalized spacial score (nSPS) is 17.2. The minimum absolute atomic E-state index is 0.0922. The van der Waals surface area contributed by atoms with Crippen LogP contribution in [0, 0.1) is 0 Å². The van der Waals surface area contributed by atoms with E-state index in [1.807, 2.05) is 24.3 Å². The number of rotatable bonds is 3. The third-order valence-electron chi connectivity index (χ3n) is 4.25. The average molecular weight is 416 g/mol. The van der Waals surface area contributed by atoms with Crippen molar-refractivity contribution in [3.63, 3.8) is 0 Å². The number of carbonyl (C=O) groups is 2. The van der Waals surface area contributed by atoms with Crippen LogP contribution in [0.4, 0.5) is 4.79 Å². The van der Waals surface area contributed by atoms with Gasteiger partial charge in [-0.3, -0.25) is 9.69 Å². The van der Waals surface area contributed by atoms with Crippen molar-refractivity contribution in [1.29, 1.82) is 0 Å². The predicted molar refractivity (Wildman–Crippen MR) is 112 cm³/mol. The second-order valence-corrected chi connectivity index (χ2v) is 7.20. The molecular weight excluding hydrogens is 397 g/mol. The summed E-state index contributed by atoms with van der Waals surface area (Å²) >= 11 is 11.9. The molecular formula is C22H19Cl2NO3. The lowest BCUT2D eigenvalue weighted by Crippen LogP contribution is -2.41. The Morgan fingerprint density at radius 2 is 1.36 bits per heavy atom. The lowest BCUT2D eigenvalue weighted by Gasteiger charge is -2.29. The maximum atomic E-state index is 13.0. The van der Waals surface area contributed by atoms with E-state index in [2.05, 4.69) is 0 Å². The van der Waals surface area contributed by atoms with Crippen molar-refractivity contribution >= 4 is 47.2 Å². The number of Topliss-reactive ketones (excluding diaryl/α,β-unsaturated/α-hetero) is 1. The van der Waals surface area contributed by atoms with Gasteiger partial charge in [-0.05, 0) is 54.5 Å². The topological polar surface area (TPSA) is 46.6 Å². The van der Waals surface area contributed by atoms with Crippen molar-refractivity contribution in [2.75, 3.05) is 19.7 Å². The Labute approximate surface area is 174 Å². The summed E-state index contributed by atoms with van der Waals surface area (Å²) in [6.45, 7) is 2.41. The molecule has 4 nitrogen and oxygen atoms in total. The van der Waals surface area contributed by atoms with Crippen molar-refractivity contribution in [1.82, 2.24) is 4.90 Å². The summed E-state index contributed by atoms with van der Waals surface area (Å²) in [6.07, 6.45) is 3.11. The highest BCUT2D eigenvalue weighted by atomic mass is 35.5. The molecule has 3 rings (SSSR count). The van der Waals surface area contributed by atoms with E-state index in [9.17, 15) is 9.59 Å². The van der Waals surface area contributed by atoms with Crippen LogP contribution in [0.5, 0.6) is 0 Å². The van der Waals surface area contributed by atoms with Gasteiger partial charge in [-0.2, -0.15) is 0 Å². The Hall–Kier alpha value is -2.56. The first-order valence-corrected chi connectivity index (χ1v) is 9.60. The molecule has 1 aliphatic heterocycles. The maximum absolute atomic E-state index is 13.0. The van der Waals surface area contributed by atoms with Gasteiger partial charge in [-0.25, -0.2) is 4.79 Å². The van der Waals surface area contributed by atoms with Crippen LogP contribution >= 0.6 is 23.2 Å². The molecule has 0 unspecified atom stereocenters. The van der Waals surface area contributed by atoms with Crippen molar-refractivity contribution in [2.24, 2.45) is 0 Å². The maximum Gasteiger partial charge on any atom is 0.410 e. The van der Waals surface area contributed by atoms with E-state index in [1.165, 1.54) is 4.90 Å². The summed E-state index contributed by atoms with van der Waals surface area (Å²) in [7, 11) is 0. The molecule has 1 aliphatic rings. The van der Waals surface area contributed by atoms with E-state index in [0.29, 0.717) is 21.2 Å². The van der Waals surface area contributed by atoms with Crippen molar-refractivity contribution in [3.8, 4) is 0 Å². The summed E-state index contributed by atoms with van der Waals surface area (Å²) in [5, 5.41) is 1.24. The van der Waals surface area contributed by atoms with Crippen LogP contribution in [0.1, 0.15) is 18.1 Å². The Kier molecular flexibility index (Phi) is 6.55. The van der Waals surface area contributed by atoms with Crippen molar-refractivity contribution < 1.29 is 14.3 Å². The molecule has 2 aromatic carbocycles. The first-order chi connectivity index (χ1) is 13.5. The van der Waals surface area contributed by atoms with Crippen LogP contribution < -0.4 is 0 Å². The Bertz CT molecular complexity index is 864. The molecule has 28 heavy (non-hydrogen) atoms. The monoisotopic (exact) mass is 415 g/mol. The van der Waals surface area contributed by atoms with E-state index >= 15 is 0 Å². The second kappa shape index (κ2) is 9.09. The number of halogens is 2. The molecule has 0 aromatic heterocycles. The van der Waals surface area contributed by atoms with Gasteiger partial charge in [0.05, 0.1) is 19.7 Å². The van der Waals surface area contributed by atoms with Crippen LogP contribution in [0.2, 0.25) is 10.0 Å². The van der Waals surface area contributed by atoms with Gasteiger partial charge in [-0.1, -0.05) is 47.5 Å². The Morgan fingerprint density at radius 1 is 0.929 bits per heavy atom. The molecule has 6 heteroatoms. The molecule has 1 saturated heterocycles. The molecule has 2 aromatic rings. The van der Waals surface area contributed by atoms with Gasteiger partial charge in [0.15, 0.2) is 5.78 Å². The SMILES string of the molecule is CCOC(=O)N1C/C(=C/c2ccc(Cl)cc2)C(=O)/C(=C/c2ccc(Cl)cc2)C1. The Morgan fingerprint density at radius 3 is 1.75 bits per heavy atom. The highest BCUT2D eigenvalue weighted by Gasteiger charge is 2.29. The van der Waals surface area contributed by atoms with Crippen LogP contribution in [-0.2, 0) is 9.53 Å². The average Bonchev–Trinajstić information content (AvgIpc) is 2.68. The summed E-state index contributed by atoms with van der Waals surface area (Å²) in [4.78, 5) is 26.8. The van der Waals surface area contributed by atoms with Crippen LogP contribution in [0.15, 0.2) is 59.7 Å². The standard InChI is InChI=1S/C22H19Cl2NO3/c1-2-28-22(27)25-13-17(11-15-3-7-19(23)8-4-15)21(26)18(14-25)12-16-5-9-20(24)10-6-16/h3-12H,2,13-14H2,1H3/b17-11-,18-12+. The van der Waals surface area contributed by atoms with E-state index in [1.54, 1.807) is 43.3 Å². The van der Waals surface area contributed by atoms with Gasteiger partial charge >= 0.3 is 6.09 Å². The van der Waals surface area contributed by atoms with Crippen LogP contribution in [0.3, 0.4) is 0 Å². The zero-order valence-corrected chi connectivity index (χ0v) is 16.8. The zero-order chi connectivity index (χ0) is 20.1. The van der Waals surface area contributed by atoms with Crippen molar-refractivity contribution in [2.45, 2.75) is 6.92 Å². The molecule has 0 radical (unpaired) electrons. The molecule has 0 saturated carbocycles. The smallest absolute Gasteiger partial charge is 0.410 e. The molecule has 144 valence electrons. The zero-order valence-electron chi connectivity index (χ0n) is 15.3. The number of ketones is 1. The highest BCUT2D eigenvalue weighted by molar-refractivity contribution is 6.30. The Balaban J connectivity index is 1.96. The fraction of sp³-hybridized carbons (Fsp3) is 0.182. The first-order valence-electron chi connectivity index (χ1n) is 8.85. The van der Waals surface area contributed by atoms with E-state index in [0.717, 1.165) is 11.1 Å². The van der Waals surface area contributed by atoms with E-state index in [4.69, 9.17) is 27.9 Å². The summed E-state index contributed by atoms with van der Waals surface area (Å²) in [5.41, 5.74) is 2.71. The van der Waals surface area contributed by atoms with Crippen LogP contribution in [0.25, 0.3) is 12.2 Å². The number of amides is 1. The van der Waals surface area contributed by atoms with Gasteiger partial charge in [0.2, 0.25) is 0 Å². The van der Waals surface area contributed by atoms with Gasteiger partial charge in [0.25, 0.3) is 0 Å². The largest absolute Gasteiger partial charge is 0.450 e. The fourth-order valence-corrected chi connectivity index (χ4v) is 3.16. The number of ether oxygens (including phenoxy) is 1. The van der Waals surface area contributed by atoms with Crippen molar-refractivity contribution in [3.05, 3.63) is 80.8 Å². The van der Waals surface area contributed by atoms with Gasteiger partial charge in [0.1, 0.15) is 0 Å². The molecule has 0 N–H and O–H groups in total. The second-order valence-electron chi connectivity index (χ2n) is 6.33. The number of nitrogens with zero attached hydrogens (tertiary/aromatic N) is 1. The summed E-state index contributed by atoms with van der Waals surface area (Å²) < 4.78 is 5.13. The molecule has 1 amide bonds. The van der Waals surface area contributed by atoms with Crippen LogP contribution in [-0.4, -0.2) is 36.5 Å². The predicted octanol–water partition coefficient (Wildman–Crippen LogP) is 5.50. The lowest BCUT2D eigenvalue weighted by atomic mass is 9.94. The van der Waals surface area contributed by atoms with Gasteiger partial charge in [-0.15, -0.1) is 0 Å². The number of likely N-dealkylation sites (tertiary alicyclic amines) is 1. The molecule has 1 fully saturated rings. The highest BCUT2D eigenvalue weighted by Crippen LogP contribution is 2.23. The number of carbonyl (C=O) groups excluding carboxylic acids is 2. The molecule has 0 aliphatic carbocycles. The van der Waals surface area contributed by atoms with Gasteiger partial charge in [0, 0.05) is 21.2 Å². The fourth-order valence-electron chi connectivity index (χ4n) is 2.90. The third-order valence-corrected chi connectivity index (χ3v) is 4.76.